The molecule has 1 N–H and O–H groups in total. The Morgan fingerprint density at radius 3 is 2.45 bits per heavy atom. The molecule has 9 nitrogen and oxygen atoms in total. The second kappa shape index (κ2) is 10.0. The van der Waals surface area contributed by atoms with Crippen LogP contribution < -0.4 is 0 Å². The van der Waals surface area contributed by atoms with Gasteiger partial charge in [-0.2, -0.15) is 0 Å². The minimum absolute atomic E-state index is 0.0704. The van der Waals surface area contributed by atoms with Gasteiger partial charge >= 0.3 is 11.9 Å². The molecule has 6 rings (SSSR count). The van der Waals surface area contributed by atoms with Crippen LogP contribution in [0.25, 0.3) is 0 Å². The van der Waals surface area contributed by atoms with Crippen LogP contribution in [0.1, 0.15) is 72.3 Å². The van der Waals surface area contributed by atoms with Crippen LogP contribution in [0, 0.1) is 28.1 Å². The lowest BCUT2D eigenvalue weighted by atomic mass is 9.39. The molecule has 42 heavy (non-hydrogen) atoms. The van der Waals surface area contributed by atoms with Crippen molar-refractivity contribution in [2.75, 3.05) is 13.7 Å². The molecule has 3 unspecified atom stereocenters. The number of allylic oxidation sites excluding steroid dienone is 1. The lowest BCUT2D eigenvalue weighted by molar-refractivity contribution is -0.259. The number of furan rings is 1. The summed E-state index contributed by atoms with van der Waals surface area (Å²) < 4.78 is 36.8. The van der Waals surface area contributed by atoms with Gasteiger partial charge in [-0.15, -0.1) is 0 Å². The predicted molar refractivity (Wildman–Crippen MR) is 151 cm³/mol. The number of rotatable bonds is 5. The SMILES string of the molecule is C=C(C)C(=O)O[C@H]1C[C@@H](OC(C)=O)[C@@]2(C)CO[C@@H]3C2[C@@]1(C)C1C[C@H](OC)OC2C[C@@H](c4ccoc4)C(C)=C2[C@]1(C)[C@@H]3O. The number of aliphatic hydroxyl groups excluding tert-OH is 1. The van der Waals surface area contributed by atoms with E-state index in [0.29, 0.717) is 31.4 Å². The number of hydrogen-bond acceptors (Lipinski definition) is 9. The summed E-state index contributed by atoms with van der Waals surface area (Å²) in [5.74, 6) is -1.33. The third-order valence-electron chi connectivity index (χ3n) is 11.7. The molecule has 9 heteroatoms. The molecule has 2 saturated carbocycles. The zero-order chi connectivity index (χ0) is 30.4. The van der Waals surface area contributed by atoms with E-state index in [-0.39, 0.29) is 23.9 Å². The van der Waals surface area contributed by atoms with E-state index in [1.807, 2.05) is 6.07 Å². The first-order chi connectivity index (χ1) is 19.8. The van der Waals surface area contributed by atoms with Gasteiger partial charge in [0.05, 0.1) is 37.4 Å². The first-order valence-corrected chi connectivity index (χ1v) is 15.0. The predicted octanol–water partition coefficient (Wildman–Crippen LogP) is 4.69. The summed E-state index contributed by atoms with van der Waals surface area (Å²) >= 11 is 0. The molecule has 3 heterocycles. The van der Waals surface area contributed by atoms with Gasteiger partial charge in [0.1, 0.15) is 12.2 Å². The van der Waals surface area contributed by atoms with Gasteiger partial charge in [0.2, 0.25) is 0 Å². The molecule has 230 valence electrons. The van der Waals surface area contributed by atoms with Crippen molar-refractivity contribution in [3.63, 3.8) is 0 Å². The fraction of sp³-hybridized carbons (Fsp3) is 0.697. The Labute approximate surface area is 247 Å². The molecule has 0 spiro atoms. The molecule has 12 atom stereocenters. The number of fused-ring (bicyclic) bond motifs is 4. The van der Waals surface area contributed by atoms with Gasteiger partial charge in [0.25, 0.3) is 0 Å². The zero-order valence-corrected chi connectivity index (χ0v) is 25.7. The third-order valence-corrected chi connectivity index (χ3v) is 11.7. The Morgan fingerprint density at radius 1 is 1.10 bits per heavy atom. The van der Waals surface area contributed by atoms with Gasteiger partial charge in [-0.05, 0) is 43.4 Å². The van der Waals surface area contributed by atoms with Gasteiger partial charge in [0, 0.05) is 60.5 Å². The van der Waals surface area contributed by atoms with E-state index in [0.717, 1.165) is 16.7 Å². The Bertz CT molecular complexity index is 1300. The van der Waals surface area contributed by atoms with E-state index in [1.54, 1.807) is 26.6 Å². The fourth-order valence-corrected chi connectivity index (χ4v) is 9.94. The fourth-order valence-electron chi connectivity index (χ4n) is 9.94. The Balaban J connectivity index is 1.56. The van der Waals surface area contributed by atoms with Crippen LogP contribution in [-0.2, 0) is 33.3 Å². The maximum absolute atomic E-state index is 13.1. The number of methoxy groups -OCH3 is 1. The topological polar surface area (TPSA) is 114 Å². The first-order valence-electron chi connectivity index (χ1n) is 15.0. The van der Waals surface area contributed by atoms with Crippen LogP contribution in [0.5, 0.6) is 0 Å². The van der Waals surface area contributed by atoms with Crippen LogP contribution in [0.15, 0.2) is 46.3 Å². The Morgan fingerprint density at radius 2 is 1.83 bits per heavy atom. The highest BCUT2D eigenvalue weighted by Crippen LogP contribution is 2.72. The van der Waals surface area contributed by atoms with Gasteiger partial charge in [0.15, 0.2) is 6.29 Å². The monoisotopic (exact) mass is 584 g/mol. The van der Waals surface area contributed by atoms with Crippen molar-refractivity contribution in [1.82, 2.24) is 0 Å². The van der Waals surface area contributed by atoms with Crippen molar-refractivity contribution < 1.29 is 42.8 Å². The number of esters is 2. The van der Waals surface area contributed by atoms with E-state index in [4.69, 9.17) is 28.1 Å². The van der Waals surface area contributed by atoms with Crippen molar-refractivity contribution >= 4 is 11.9 Å². The molecule has 2 aliphatic heterocycles. The summed E-state index contributed by atoms with van der Waals surface area (Å²) in [6, 6.07) is 1.98. The standard InChI is InChI=1S/C33H44O9/c1-16(2)30(36)42-24-13-23(40-18(4)34)31(5)15-39-27-28(31)32(24,6)22-12-25(37-8)41-21-11-20(19-9-10-38-14-19)17(3)26(21)33(22,7)29(27)35/h9-10,14,20-25,27-29,35H,1,11-13,15H2,2-8H3/t20-,21?,22?,23-,24+,25-,27-,28?,29-,31-,32+,33-/m1/s1. The van der Waals surface area contributed by atoms with Crippen molar-refractivity contribution in [1.29, 1.82) is 0 Å². The summed E-state index contributed by atoms with van der Waals surface area (Å²) in [7, 11) is 1.65. The molecule has 4 fully saturated rings. The normalized spacial score (nSPS) is 45.9. The largest absolute Gasteiger partial charge is 0.472 e. The minimum atomic E-state index is -0.884. The van der Waals surface area contributed by atoms with Gasteiger partial charge in [-0.25, -0.2) is 4.79 Å². The maximum Gasteiger partial charge on any atom is 0.333 e. The lowest BCUT2D eigenvalue weighted by Gasteiger charge is -2.66. The number of carbonyl (C=O) groups excluding carboxylic acids is 2. The molecule has 0 amide bonds. The third kappa shape index (κ3) is 3.96. The number of aliphatic hydroxyl groups is 1. The minimum Gasteiger partial charge on any atom is -0.472 e. The highest BCUT2D eigenvalue weighted by Gasteiger charge is 2.76. The highest BCUT2D eigenvalue weighted by molar-refractivity contribution is 5.87. The maximum atomic E-state index is 13.1. The van der Waals surface area contributed by atoms with Crippen molar-refractivity contribution in [2.24, 2.45) is 28.1 Å². The summed E-state index contributed by atoms with van der Waals surface area (Å²) in [5.41, 5.74) is 1.50. The summed E-state index contributed by atoms with van der Waals surface area (Å²) in [4.78, 5) is 25.4. The smallest absolute Gasteiger partial charge is 0.333 e. The van der Waals surface area contributed by atoms with Gasteiger partial charge in [-0.3, -0.25) is 4.79 Å². The van der Waals surface area contributed by atoms with E-state index in [1.165, 1.54) is 6.92 Å². The van der Waals surface area contributed by atoms with E-state index < -0.39 is 58.9 Å². The highest BCUT2D eigenvalue weighted by atomic mass is 16.7. The van der Waals surface area contributed by atoms with Gasteiger partial charge in [-0.1, -0.05) is 32.9 Å². The average Bonchev–Trinajstić information content (AvgIpc) is 3.64. The van der Waals surface area contributed by atoms with E-state index in [9.17, 15) is 14.7 Å². The second-order valence-corrected chi connectivity index (χ2v) is 13.9. The molecule has 2 saturated heterocycles. The summed E-state index contributed by atoms with van der Waals surface area (Å²) in [6.45, 7) is 15.7. The first kappa shape index (κ1) is 29.6. The number of hydrogen-bond donors (Lipinski definition) is 1. The molecule has 1 aromatic heterocycles. The average molecular weight is 585 g/mol. The van der Waals surface area contributed by atoms with E-state index >= 15 is 0 Å². The van der Waals surface area contributed by atoms with Crippen molar-refractivity contribution in [3.05, 3.63) is 47.5 Å². The molecule has 5 aliphatic rings. The van der Waals surface area contributed by atoms with Crippen LogP contribution >= 0.6 is 0 Å². The lowest BCUT2D eigenvalue weighted by Crippen LogP contribution is -2.71. The van der Waals surface area contributed by atoms with Crippen LogP contribution in [0.3, 0.4) is 0 Å². The second-order valence-electron chi connectivity index (χ2n) is 13.9. The molecule has 0 radical (unpaired) electrons. The molecule has 3 aliphatic carbocycles. The van der Waals surface area contributed by atoms with Crippen molar-refractivity contribution in [2.45, 2.75) is 104 Å². The van der Waals surface area contributed by atoms with Crippen molar-refractivity contribution in [3.8, 4) is 0 Å². The summed E-state index contributed by atoms with van der Waals surface area (Å²) in [5, 5.41) is 12.5. The molecule has 1 aromatic rings. The number of ether oxygens (including phenoxy) is 5. The van der Waals surface area contributed by atoms with Crippen LogP contribution in [0.2, 0.25) is 0 Å². The van der Waals surface area contributed by atoms with Crippen LogP contribution in [-0.4, -0.2) is 67.6 Å². The van der Waals surface area contributed by atoms with E-state index in [2.05, 4.69) is 34.3 Å². The quantitative estimate of drug-likeness (QED) is 0.299. The molecular weight excluding hydrogens is 540 g/mol. The molecule has 0 aromatic carbocycles. The Kier molecular flexibility index (Phi) is 7.08. The summed E-state index contributed by atoms with van der Waals surface area (Å²) in [6.07, 6.45) is 1.52. The zero-order valence-electron chi connectivity index (χ0n) is 25.7. The van der Waals surface area contributed by atoms with Crippen LogP contribution in [0.4, 0.5) is 0 Å². The molecular formula is C33H44O9. The van der Waals surface area contributed by atoms with Gasteiger partial charge < -0.3 is 33.2 Å². The Hall–Kier alpha value is -2.46. The number of carbonyl (C=O) groups is 2. The molecule has 0 bridgehead atoms.